The lowest BCUT2D eigenvalue weighted by atomic mass is 9.94. The van der Waals surface area contributed by atoms with Crippen molar-refractivity contribution in [2.75, 3.05) is 17.3 Å². The van der Waals surface area contributed by atoms with E-state index in [0.29, 0.717) is 39.4 Å². The van der Waals surface area contributed by atoms with Gasteiger partial charge in [0.25, 0.3) is 5.91 Å². The molecule has 0 spiro atoms. The second-order valence-corrected chi connectivity index (χ2v) is 7.64. The highest BCUT2D eigenvalue weighted by molar-refractivity contribution is 7.80. The molecule has 2 heterocycles. The summed E-state index contributed by atoms with van der Waals surface area (Å²) < 4.78 is 10.6. The number of methoxy groups -OCH3 is 1. The van der Waals surface area contributed by atoms with Gasteiger partial charge in [-0.1, -0.05) is 29.4 Å². The van der Waals surface area contributed by atoms with Gasteiger partial charge in [0.1, 0.15) is 17.3 Å². The number of ether oxygens (including phenoxy) is 1. The summed E-state index contributed by atoms with van der Waals surface area (Å²) in [6.45, 7) is 3.58. The van der Waals surface area contributed by atoms with Gasteiger partial charge < -0.3 is 25.0 Å². The molecule has 1 atom stereocenters. The fraction of sp³-hybridized carbons (Fsp3) is 0.174. The number of hydrogen-bond donors (Lipinski definition) is 3. The lowest BCUT2D eigenvalue weighted by Gasteiger charge is -2.38. The summed E-state index contributed by atoms with van der Waals surface area (Å²) in [6, 6.07) is 15.2. The summed E-state index contributed by atoms with van der Waals surface area (Å²) in [4.78, 5) is 15.2. The van der Waals surface area contributed by atoms with Crippen molar-refractivity contribution in [2.24, 2.45) is 0 Å². The summed E-state index contributed by atoms with van der Waals surface area (Å²) in [7, 11) is 1.58. The van der Waals surface area contributed by atoms with Gasteiger partial charge in [-0.3, -0.25) is 9.69 Å². The summed E-state index contributed by atoms with van der Waals surface area (Å²) in [5.74, 6) is 1.29. The standard InChI is InChI=1S/C23H22N4O4S/c1-13-12-19(26-31-13)24-22(29)20-14(2)27(17-6-4-5-7-18(17)30-3)23(32)25-21(20)15-8-10-16(28)11-9-15/h4-12,21,28H,1-3H3,(H,25,32)(H,24,26,29)/t21-/m0/s1. The lowest BCUT2D eigenvalue weighted by molar-refractivity contribution is -0.113. The monoisotopic (exact) mass is 450 g/mol. The van der Waals surface area contributed by atoms with Gasteiger partial charge in [-0.05, 0) is 55.9 Å². The van der Waals surface area contributed by atoms with Crippen molar-refractivity contribution in [2.45, 2.75) is 19.9 Å². The number of nitrogens with one attached hydrogen (secondary N) is 2. The minimum absolute atomic E-state index is 0.132. The van der Waals surface area contributed by atoms with Gasteiger partial charge in [-0.25, -0.2) is 0 Å². The van der Waals surface area contributed by atoms with Crippen LogP contribution in [0.25, 0.3) is 0 Å². The maximum absolute atomic E-state index is 13.4. The Bertz CT molecular complexity index is 1200. The molecule has 0 fully saturated rings. The molecule has 0 radical (unpaired) electrons. The zero-order valence-electron chi connectivity index (χ0n) is 17.7. The fourth-order valence-corrected chi connectivity index (χ4v) is 4.02. The molecule has 32 heavy (non-hydrogen) atoms. The molecule has 1 amide bonds. The van der Waals surface area contributed by atoms with E-state index in [9.17, 15) is 9.90 Å². The molecule has 0 unspecified atom stereocenters. The number of phenols is 1. The Hall–Kier alpha value is -3.85. The number of carbonyl (C=O) groups excluding carboxylic acids is 1. The number of hydrogen-bond acceptors (Lipinski definition) is 6. The lowest BCUT2D eigenvalue weighted by Crippen LogP contribution is -2.48. The molecule has 1 aliphatic rings. The summed E-state index contributed by atoms with van der Waals surface area (Å²) >= 11 is 5.69. The third-order valence-electron chi connectivity index (χ3n) is 5.15. The van der Waals surface area contributed by atoms with Crippen molar-refractivity contribution >= 4 is 34.7 Å². The van der Waals surface area contributed by atoms with Crippen LogP contribution in [0.2, 0.25) is 0 Å². The van der Waals surface area contributed by atoms with Crippen LogP contribution in [-0.4, -0.2) is 28.4 Å². The number of rotatable bonds is 5. The van der Waals surface area contributed by atoms with Crippen molar-refractivity contribution in [1.29, 1.82) is 0 Å². The highest BCUT2D eigenvalue weighted by Crippen LogP contribution is 2.38. The Morgan fingerprint density at radius 3 is 2.59 bits per heavy atom. The van der Waals surface area contributed by atoms with Crippen molar-refractivity contribution in [3.05, 3.63) is 77.2 Å². The molecule has 0 aliphatic carbocycles. The van der Waals surface area contributed by atoms with Crippen LogP contribution in [0, 0.1) is 6.92 Å². The maximum atomic E-state index is 13.4. The third-order valence-corrected chi connectivity index (χ3v) is 5.45. The van der Waals surface area contributed by atoms with Crippen LogP contribution in [0.1, 0.15) is 24.3 Å². The molecule has 0 saturated carbocycles. The third kappa shape index (κ3) is 4.02. The van der Waals surface area contributed by atoms with Crippen LogP contribution in [-0.2, 0) is 4.79 Å². The SMILES string of the molecule is COc1ccccc1N1C(=S)N[C@@H](c2ccc(O)cc2)C(C(=O)Nc2cc(C)on2)=C1C. The summed E-state index contributed by atoms with van der Waals surface area (Å²) in [5, 5.41) is 20.0. The average Bonchev–Trinajstić information content (AvgIpc) is 3.18. The molecule has 8 nitrogen and oxygen atoms in total. The van der Waals surface area contributed by atoms with Crippen molar-refractivity contribution in [1.82, 2.24) is 10.5 Å². The molecule has 4 rings (SSSR count). The van der Waals surface area contributed by atoms with Crippen LogP contribution in [0.5, 0.6) is 11.5 Å². The van der Waals surface area contributed by atoms with Crippen LogP contribution in [0.15, 0.2) is 70.4 Å². The van der Waals surface area contributed by atoms with E-state index in [1.54, 1.807) is 49.3 Å². The van der Waals surface area contributed by atoms with E-state index in [1.807, 2.05) is 31.2 Å². The number of aromatic hydroxyl groups is 1. The molecule has 0 bridgehead atoms. The van der Waals surface area contributed by atoms with Crippen molar-refractivity contribution < 1.29 is 19.2 Å². The first-order valence-electron chi connectivity index (χ1n) is 9.87. The van der Waals surface area contributed by atoms with E-state index in [0.717, 1.165) is 5.56 Å². The number of thiocarbonyl (C=S) groups is 1. The second kappa shape index (κ2) is 8.72. The van der Waals surface area contributed by atoms with E-state index in [1.165, 1.54) is 0 Å². The summed E-state index contributed by atoms with van der Waals surface area (Å²) in [6.07, 6.45) is 0. The Balaban J connectivity index is 1.83. The molecule has 164 valence electrons. The number of allylic oxidation sites excluding steroid dienone is 1. The van der Waals surface area contributed by atoms with Gasteiger partial charge in [0, 0.05) is 11.8 Å². The molecule has 1 aromatic heterocycles. The fourth-order valence-electron chi connectivity index (χ4n) is 3.67. The minimum atomic E-state index is -0.540. The molecule has 9 heteroatoms. The van der Waals surface area contributed by atoms with Gasteiger partial charge in [-0.15, -0.1) is 0 Å². The van der Waals surface area contributed by atoms with Crippen LogP contribution < -0.4 is 20.3 Å². The molecule has 3 aromatic rings. The number of benzene rings is 2. The number of nitrogens with zero attached hydrogens (tertiary/aromatic N) is 2. The number of aromatic nitrogens is 1. The number of amides is 1. The first-order valence-corrected chi connectivity index (χ1v) is 10.3. The predicted octanol–water partition coefficient (Wildman–Crippen LogP) is 4.05. The second-order valence-electron chi connectivity index (χ2n) is 7.26. The highest BCUT2D eigenvalue weighted by Gasteiger charge is 2.35. The van der Waals surface area contributed by atoms with Gasteiger partial charge in [0.05, 0.1) is 24.4 Å². The quantitative estimate of drug-likeness (QED) is 0.501. The number of phenolic OH excluding ortho intramolecular Hbond substituents is 1. The molecule has 0 saturated heterocycles. The zero-order valence-corrected chi connectivity index (χ0v) is 18.6. The first-order chi connectivity index (χ1) is 15.4. The van der Waals surface area contributed by atoms with E-state index >= 15 is 0 Å². The van der Waals surface area contributed by atoms with E-state index in [4.69, 9.17) is 21.5 Å². The van der Waals surface area contributed by atoms with Gasteiger partial charge in [-0.2, -0.15) is 0 Å². The van der Waals surface area contributed by atoms with Gasteiger partial charge >= 0.3 is 0 Å². The topological polar surface area (TPSA) is 99.9 Å². The van der Waals surface area contributed by atoms with E-state index in [-0.39, 0.29) is 11.7 Å². The maximum Gasteiger partial charge on any atom is 0.257 e. The van der Waals surface area contributed by atoms with Crippen LogP contribution in [0.3, 0.4) is 0 Å². The Labute approximate surface area is 190 Å². The summed E-state index contributed by atoms with van der Waals surface area (Å²) in [5.41, 5.74) is 2.55. The average molecular weight is 451 g/mol. The Kier molecular flexibility index (Phi) is 5.83. The number of aryl methyl sites for hydroxylation is 1. The molecule has 2 aromatic carbocycles. The number of para-hydroxylation sites is 2. The number of anilines is 2. The van der Waals surface area contributed by atoms with Crippen molar-refractivity contribution in [3.63, 3.8) is 0 Å². The van der Waals surface area contributed by atoms with Crippen molar-refractivity contribution in [3.8, 4) is 11.5 Å². The minimum Gasteiger partial charge on any atom is -0.508 e. The van der Waals surface area contributed by atoms with Crippen LogP contribution >= 0.6 is 12.2 Å². The Morgan fingerprint density at radius 2 is 1.94 bits per heavy atom. The van der Waals surface area contributed by atoms with E-state index < -0.39 is 6.04 Å². The molecular weight excluding hydrogens is 428 g/mol. The number of carbonyl (C=O) groups is 1. The van der Waals surface area contributed by atoms with Gasteiger partial charge in [0.15, 0.2) is 10.9 Å². The predicted molar refractivity (Wildman–Crippen MR) is 125 cm³/mol. The molecule has 3 N–H and O–H groups in total. The Morgan fingerprint density at radius 1 is 1.22 bits per heavy atom. The zero-order chi connectivity index (χ0) is 22.8. The van der Waals surface area contributed by atoms with Gasteiger partial charge in [0.2, 0.25) is 0 Å². The smallest absolute Gasteiger partial charge is 0.257 e. The molecule has 1 aliphatic heterocycles. The highest BCUT2D eigenvalue weighted by atomic mass is 32.1. The largest absolute Gasteiger partial charge is 0.508 e. The molecular formula is C23H22N4O4S. The normalized spacial score (nSPS) is 16.0. The van der Waals surface area contributed by atoms with Crippen LogP contribution in [0.4, 0.5) is 11.5 Å². The van der Waals surface area contributed by atoms with E-state index in [2.05, 4.69) is 15.8 Å². The first kappa shape index (κ1) is 21.4.